The Morgan fingerprint density at radius 1 is 1.08 bits per heavy atom. The second-order valence-electron chi connectivity index (χ2n) is 6.68. The molecule has 1 saturated heterocycles. The third-order valence-electron chi connectivity index (χ3n) is 3.43. The zero-order chi connectivity index (χ0) is 19.2. The first-order valence-corrected chi connectivity index (χ1v) is 7.76. The summed E-state index contributed by atoms with van der Waals surface area (Å²) in [6.45, 7) is 6.79. The SMILES string of the molecule is CC(C)(C)OC(=O)N1CC(N)C(c2ccccc2)C1.O=C(O)C(=O)O. The molecule has 2 unspecified atom stereocenters. The Morgan fingerprint density at radius 3 is 2.04 bits per heavy atom. The lowest BCUT2D eigenvalue weighted by molar-refractivity contribution is -0.159. The summed E-state index contributed by atoms with van der Waals surface area (Å²) in [5, 5.41) is 14.8. The van der Waals surface area contributed by atoms with E-state index in [2.05, 4.69) is 12.1 Å². The van der Waals surface area contributed by atoms with Crippen molar-refractivity contribution in [2.45, 2.75) is 38.3 Å². The summed E-state index contributed by atoms with van der Waals surface area (Å²) in [6.07, 6.45) is -0.276. The topological polar surface area (TPSA) is 130 Å². The highest BCUT2D eigenvalue weighted by atomic mass is 16.6. The van der Waals surface area contributed by atoms with Gasteiger partial charge in [0.1, 0.15) is 5.60 Å². The van der Waals surface area contributed by atoms with Crippen molar-refractivity contribution in [2.75, 3.05) is 13.1 Å². The minimum absolute atomic E-state index is 0.0325. The molecule has 0 aliphatic carbocycles. The molecular formula is C17H24N2O6. The van der Waals surface area contributed by atoms with Crippen LogP contribution in [0.15, 0.2) is 30.3 Å². The van der Waals surface area contributed by atoms with Crippen LogP contribution in [0.2, 0.25) is 0 Å². The molecule has 0 saturated carbocycles. The first kappa shape index (κ1) is 20.4. The number of carboxylic acids is 2. The zero-order valence-corrected chi connectivity index (χ0v) is 14.5. The normalized spacial score (nSPS) is 19.6. The number of likely N-dealkylation sites (tertiary alicyclic amines) is 1. The number of ether oxygens (including phenoxy) is 1. The van der Waals surface area contributed by atoms with E-state index >= 15 is 0 Å². The molecule has 0 radical (unpaired) electrons. The lowest BCUT2D eigenvalue weighted by Crippen LogP contribution is -2.36. The number of rotatable bonds is 1. The van der Waals surface area contributed by atoms with Crippen molar-refractivity contribution in [1.82, 2.24) is 4.90 Å². The van der Waals surface area contributed by atoms with E-state index in [4.69, 9.17) is 30.3 Å². The second kappa shape index (κ2) is 8.48. The Labute approximate surface area is 146 Å². The van der Waals surface area contributed by atoms with Crippen LogP contribution in [0.25, 0.3) is 0 Å². The number of amides is 1. The first-order valence-electron chi connectivity index (χ1n) is 7.76. The van der Waals surface area contributed by atoms with Gasteiger partial charge >= 0.3 is 18.0 Å². The van der Waals surface area contributed by atoms with Crippen LogP contribution in [0.1, 0.15) is 32.3 Å². The van der Waals surface area contributed by atoms with E-state index < -0.39 is 17.5 Å². The van der Waals surface area contributed by atoms with E-state index in [1.54, 1.807) is 4.90 Å². The molecule has 1 fully saturated rings. The van der Waals surface area contributed by atoms with Crippen molar-refractivity contribution < 1.29 is 29.3 Å². The summed E-state index contributed by atoms with van der Waals surface area (Å²) < 4.78 is 5.39. The average molecular weight is 352 g/mol. The summed E-state index contributed by atoms with van der Waals surface area (Å²) in [4.78, 5) is 31.9. The minimum Gasteiger partial charge on any atom is -0.473 e. The van der Waals surface area contributed by atoms with Crippen molar-refractivity contribution in [2.24, 2.45) is 5.73 Å². The number of carboxylic acid groups (broad SMARTS) is 2. The van der Waals surface area contributed by atoms with Crippen LogP contribution in [-0.4, -0.2) is 57.9 Å². The van der Waals surface area contributed by atoms with Gasteiger partial charge in [-0.3, -0.25) is 0 Å². The second-order valence-corrected chi connectivity index (χ2v) is 6.68. The van der Waals surface area contributed by atoms with Gasteiger partial charge in [-0.15, -0.1) is 0 Å². The van der Waals surface area contributed by atoms with Crippen LogP contribution in [0, 0.1) is 0 Å². The van der Waals surface area contributed by atoms with Gasteiger partial charge in [0.05, 0.1) is 0 Å². The Hall–Kier alpha value is -2.61. The molecule has 1 heterocycles. The van der Waals surface area contributed by atoms with Gasteiger partial charge in [-0.05, 0) is 26.3 Å². The third kappa shape index (κ3) is 6.80. The summed E-state index contributed by atoms with van der Waals surface area (Å²) in [5.41, 5.74) is 6.87. The number of benzene rings is 1. The summed E-state index contributed by atoms with van der Waals surface area (Å²) in [5.74, 6) is -3.46. The van der Waals surface area contributed by atoms with Gasteiger partial charge in [-0.1, -0.05) is 30.3 Å². The molecule has 0 spiro atoms. The van der Waals surface area contributed by atoms with E-state index in [1.165, 1.54) is 5.56 Å². The molecule has 1 aromatic rings. The van der Waals surface area contributed by atoms with Crippen LogP contribution in [-0.2, 0) is 14.3 Å². The van der Waals surface area contributed by atoms with Gasteiger partial charge in [0.25, 0.3) is 0 Å². The smallest absolute Gasteiger partial charge is 0.414 e. The molecule has 1 amide bonds. The fraction of sp³-hybridized carbons (Fsp3) is 0.471. The standard InChI is InChI=1S/C15H22N2O2.C2H2O4/c1-15(2,3)19-14(18)17-9-12(13(16)10-17)11-7-5-4-6-8-11;3-1(4)2(5)6/h4-8,12-13H,9-10,16H2,1-3H3;(H,3,4)(H,5,6). The maximum atomic E-state index is 12.0. The fourth-order valence-electron chi connectivity index (χ4n) is 2.36. The van der Waals surface area contributed by atoms with Gasteiger partial charge in [0, 0.05) is 25.0 Å². The molecular weight excluding hydrogens is 328 g/mol. The number of hydrogen-bond acceptors (Lipinski definition) is 5. The van der Waals surface area contributed by atoms with Crippen molar-refractivity contribution >= 4 is 18.0 Å². The Morgan fingerprint density at radius 2 is 1.60 bits per heavy atom. The molecule has 25 heavy (non-hydrogen) atoms. The number of nitrogens with zero attached hydrogens (tertiary/aromatic N) is 1. The highest BCUT2D eigenvalue weighted by Crippen LogP contribution is 2.27. The van der Waals surface area contributed by atoms with Crippen LogP contribution in [0.5, 0.6) is 0 Å². The molecule has 1 aliphatic heterocycles. The van der Waals surface area contributed by atoms with Gasteiger partial charge in [0.15, 0.2) is 0 Å². The third-order valence-corrected chi connectivity index (χ3v) is 3.43. The van der Waals surface area contributed by atoms with Crippen LogP contribution in [0.4, 0.5) is 4.79 Å². The van der Waals surface area contributed by atoms with Crippen molar-refractivity contribution in [1.29, 1.82) is 0 Å². The Bertz CT molecular complexity index is 599. The number of carbonyl (C=O) groups is 3. The quantitative estimate of drug-likeness (QED) is 0.653. The van der Waals surface area contributed by atoms with Crippen LogP contribution in [0.3, 0.4) is 0 Å². The molecule has 2 atom stereocenters. The van der Waals surface area contributed by atoms with E-state index in [9.17, 15) is 4.79 Å². The molecule has 1 aliphatic rings. The maximum absolute atomic E-state index is 12.0. The van der Waals surface area contributed by atoms with Crippen molar-refractivity contribution in [3.8, 4) is 0 Å². The van der Waals surface area contributed by atoms with Crippen molar-refractivity contribution in [3.05, 3.63) is 35.9 Å². The Balaban J connectivity index is 0.000000450. The fourth-order valence-corrected chi connectivity index (χ4v) is 2.36. The summed E-state index contributed by atoms with van der Waals surface area (Å²) >= 11 is 0. The largest absolute Gasteiger partial charge is 0.473 e. The summed E-state index contributed by atoms with van der Waals surface area (Å²) in [6, 6.07) is 10.1. The molecule has 0 aromatic heterocycles. The number of aliphatic carboxylic acids is 2. The van der Waals surface area contributed by atoms with Gasteiger partial charge in [-0.2, -0.15) is 0 Å². The van der Waals surface area contributed by atoms with Gasteiger partial charge in [-0.25, -0.2) is 14.4 Å². The molecule has 0 bridgehead atoms. The zero-order valence-electron chi connectivity index (χ0n) is 14.5. The lowest BCUT2D eigenvalue weighted by atomic mass is 9.95. The predicted octanol–water partition coefficient (Wildman–Crippen LogP) is 1.50. The predicted molar refractivity (Wildman–Crippen MR) is 90.2 cm³/mol. The summed E-state index contributed by atoms with van der Waals surface area (Å²) in [7, 11) is 0. The van der Waals surface area contributed by atoms with Gasteiger partial charge in [0.2, 0.25) is 0 Å². The number of carbonyl (C=O) groups excluding carboxylic acids is 1. The van der Waals surface area contributed by atoms with E-state index in [0.29, 0.717) is 13.1 Å². The monoisotopic (exact) mass is 352 g/mol. The minimum atomic E-state index is -1.82. The lowest BCUT2D eigenvalue weighted by Gasteiger charge is -2.24. The molecule has 2 rings (SSSR count). The molecule has 4 N–H and O–H groups in total. The van der Waals surface area contributed by atoms with Gasteiger partial charge < -0.3 is 25.6 Å². The highest BCUT2D eigenvalue weighted by Gasteiger charge is 2.35. The van der Waals surface area contributed by atoms with E-state index in [-0.39, 0.29) is 18.1 Å². The number of nitrogens with two attached hydrogens (primary N) is 1. The maximum Gasteiger partial charge on any atom is 0.414 e. The Kier molecular flexibility index (Phi) is 6.93. The van der Waals surface area contributed by atoms with E-state index in [0.717, 1.165) is 0 Å². The molecule has 138 valence electrons. The van der Waals surface area contributed by atoms with E-state index in [1.807, 2.05) is 39.0 Å². The van der Waals surface area contributed by atoms with Crippen molar-refractivity contribution in [3.63, 3.8) is 0 Å². The first-order chi connectivity index (χ1) is 11.5. The highest BCUT2D eigenvalue weighted by molar-refractivity contribution is 6.27. The van der Waals surface area contributed by atoms with Crippen LogP contribution >= 0.6 is 0 Å². The number of hydrogen-bond donors (Lipinski definition) is 3. The average Bonchev–Trinajstić information content (AvgIpc) is 2.89. The van der Waals surface area contributed by atoms with Crippen LogP contribution < -0.4 is 5.73 Å². The molecule has 8 heteroatoms. The molecule has 8 nitrogen and oxygen atoms in total. The molecule has 1 aromatic carbocycles.